The van der Waals surface area contributed by atoms with Crippen molar-refractivity contribution in [1.82, 2.24) is 0 Å². The molecule has 4 nitrogen and oxygen atoms in total. The quantitative estimate of drug-likeness (QED) is 0.625. The van der Waals surface area contributed by atoms with E-state index in [9.17, 15) is 21.6 Å². The van der Waals surface area contributed by atoms with Crippen LogP contribution in [0.25, 0.3) is 11.1 Å². The highest BCUT2D eigenvalue weighted by Gasteiger charge is 2.49. The van der Waals surface area contributed by atoms with Crippen molar-refractivity contribution in [3.05, 3.63) is 48.0 Å². The van der Waals surface area contributed by atoms with Crippen LogP contribution in [0.2, 0.25) is 0 Å². The number of hydrogen-bond acceptors (Lipinski definition) is 4. The summed E-state index contributed by atoms with van der Waals surface area (Å²) in [5.74, 6) is -0.143. The highest BCUT2D eigenvalue weighted by atomic mass is 32.2. The number of fused-ring (bicyclic) bond motifs is 3. The van der Waals surface area contributed by atoms with Gasteiger partial charge in [0.15, 0.2) is 5.75 Å². The Morgan fingerprint density at radius 3 is 2.50 bits per heavy atom. The molecule has 0 atom stereocenters. The van der Waals surface area contributed by atoms with Gasteiger partial charge in [0.2, 0.25) is 0 Å². The van der Waals surface area contributed by atoms with Crippen LogP contribution in [-0.2, 0) is 16.7 Å². The number of hydrogen-bond donors (Lipinski definition) is 0. The minimum absolute atomic E-state index is 0.192. The molecular weight excluding hydrogens is 321 g/mol. The molecule has 0 N–H and O–H groups in total. The predicted molar refractivity (Wildman–Crippen MR) is 71.8 cm³/mol. The second-order valence-corrected chi connectivity index (χ2v) is 6.10. The highest BCUT2D eigenvalue weighted by Crippen LogP contribution is 2.44. The fourth-order valence-corrected chi connectivity index (χ4v) is 2.65. The molecule has 8 heteroatoms. The Balaban J connectivity index is 2.14. The second kappa shape index (κ2) is 4.91. The van der Waals surface area contributed by atoms with Crippen LogP contribution in [0.3, 0.4) is 0 Å². The lowest BCUT2D eigenvalue weighted by molar-refractivity contribution is -0.0499. The van der Waals surface area contributed by atoms with Crippen LogP contribution in [0.5, 0.6) is 11.5 Å². The Hall–Kier alpha value is -2.22. The van der Waals surface area contributed by atoms with Crippen molar-refractivity contribution >= 4 is 10.1 Å². The van der Waals surface area contributed by atoms with Crippen molar-refractivity contribution in [3.63, 3.8) is 0 Å². The third-order valence-electron chi connectivity index (χ3n) is 3.14. The first-order chi connectivity index (χ1) is 10.3. The second-order valence-electron chi connectivity index (χ2n) is 4.56. The predicted octanol–water partition coefficient (Wildman–Crippen LogP) is 3.47. The van der Waals surface area contributed by atoms with Crippen LogP contribution in [0, 0.1) is 0 Å². The summed E-state index contributed by atoms with van der Waals surface area (Å²) < 4.78 is 69.7. The third-order valence-corrected chi connectivity index (χ3v) is 4.11. The summed E-state index contributed by atoms with van der Waals surface area (Å²) in [6.07, 6.45) is 0. The van der Waals surface area contributed by atoms with Crippen LogP contribution >= 0.6 is 0 Å². The van der Waals surface area contributed by atoms with E-state index in [0.29, 0.717) is 5.56 Å². The fourth-order valence-electron chi connectivity index (χ4n) is 2.18. The molecule has 116 valence electrons. The molecule has 1 aliphatic heterocycles. The molecule has 2 aromatic rings. The summed E-state index contributed by atoms with van der Waals surface area (Å²) in [6.45, 7) is 0.249. The van der Waals surface area contributed by atoms with Gasteiger partial charge in [-0.1, -0.05) is 30.3 Å². The number of benzene rings is 2. The molecule has 1 aliphatic rings. The van der Waals surface area contributed by atoms with Gasteiger partial charge in [-0.3, -0.25) is 0 Å². The van der Waals surface area contributed by atoms with Crippen molar-refractivity contribution in [1.29, 1.82) is 0 Å². The van der Waals surface area contributed by atoms with Gasteiger partial charge < -0.3 is 8.92 Å². The number of alkyl halides is 3. The number of rotatable bonds is 2. The molecular formula is C14H9F3O4S. The largest absolute Gasteiger partial charge is 0.534 e. The van der Waals surface area contributed by atoms with Gasteiger partial charge in [0.25, 0.3) is 0 Å². The molecule has 1 heterocycles. The molecule has 0 saturated heterocycles. The summed E-state index contributed by atoms with van der Waals surface area (Å²) in [5.41, 5.74) is -3.99. The Morgan fingerprint density at radius 2 is 1.77 bits per heavy atom. The topological polar surface area (TPSA) is 52.6 Å². The molecule has 2 aromatic carbocycles. The maximum Gasteiger partial charge on any atom is 0.534 e. The molecule has 0 bridgehead atoms. The van der Waals surface area contributed by atoms with E-state index in [1.807, 2.05) is 0 Å². The number of halogens is 3. The van der Waals surface area contributed by atoms with Gasteiger partial charge in [-0.2, -0.15) is 21.6 Å². The van der Waals surface area contributed by atoms with Crippen LogP contribution in [0.4, 0.5) is 13.2 Å². The van der Waals surface area contributed by atoms with E-state index >= 15 is 0 Å². The van der Waals surface area contributed by atoms with Gasteiger partial charge >= 0.3 is 15.6 Å². The minimum Gasteiger partial charge on any atom is -0.488 e. The molecule has 3 rings (SSSR count). The molecule has 0 unspecified atom stereocenters. The van der Waals surface area contributed by atoms with Crippen molar-refractivity contribution < 1.29 is 30.5 Å². The first-order valence-corrected chi connectivity index (χ1v) is 7.55. The van der Waals surface area contributed by atoms with E-state index < -0.39 is 21.4 Å². The van der Waals surface area contributed by atoms with Gasteiger partial charge in [-0.25, -0.2) is 0 Å². The normalized spacial score (nSPS) is 13.8. The standard InChI is InChI=1S/C14H9F3O4S/c15-14(16,17)22(18,19)21-12-7-3-6-11-13(12)10-5-2-1-4-9(10)8-20-11/h1-7H,8H2. The third kappa shape index (κ3) is 2.39. The van der Waals surface area contributed by atoms with E-state index in [0.717, 1.165) is 11.6 Å². The van der Waals surface area contributed by atoms with Gasteiger partial charge in [-0.05, 0) is 23.3 Å². The van der Waals surface area contributed by atoms with Crippen LogP contribution < -0.4 is 8.92 Å². The van der Waals surface area contributed by atoms with Gasteiger partial charge in [0, 0.05) is 0 Å². The molecule has 0 aliphatic carbocycles. The van der Waals surface area contributed by atoms with Gasteiger partial charge in [0.05, 0.1) is 5.56 Å². The van der Waals surface area contributed by atoms with Crippen molar-refractivity contribution in [2.24, 2.45) is 0 Å². The van der Waals surface area contributed by atoms with E-state index in [4.69, 9.17) is 4.74 Å². The smallest absolute Gasteiger partial charge is 0.488 e. The van der Waals surface area contributed by atoms with E-state index in [1.54, 1.807) is 30.3 Å². The molecule has 0 saturated carbocycles. The Bertz CT molecular complexity index is 828. The zero-order chi connectivity index (χ0) is 16.0. The lowest BCUT2D eigenvalue weighted by atomic mass is 9.96. The summed E-state index contributed by atoms with van der Waals surface area (Å²) in [5, 5.41) is 0. The van der Waals surface area contributed by atoms with Crippen LogP contribution in [0.15, 0.2) is 42.5 Å². The molecule has 0 spiro atoms. The fraction of sp³-hybridized carbons (Fsp3) is 0.143. The zero-order valence-corrected chi connectivity index (χ0v) is 11.7. The molecule has 0 fully saturated rings. The zero-order valence-electron chi connectivity index (χ0n) is 10.9. The molecule has 0 radical (unpaired) electrons. The Labute approximate surface area is 124 Å². The monoisotopic (exact) mass is 330 g/mol. The summed E-state index contributed by atoms with van der Waals surface area (Å²) >= 11 is 0. The van der Waals surface area contributed by atoms with Crippen molar-refractivity contribution in [2.45, 2.75) is 12.1 Å². The SMILES string of the molecule is O=S(=O)(Oc1cccc2c1-c1ccccc1CO2)C(F)(F)F. The lowest BCUT2D eigenvalue weighted by Crippen LogP contribution is -2.28. The average Bonchev–Trinajstić information content (AvgIpc) is 2.45. The maximum absolute atomic E-state index is 12.5. The maximum atomic E-state index is 12.5. The van der Waals surface area contributed by atoms with E-state index in [-0.39, 0.29) is 17.9 Å². The minimum atomic E-state index is -5.74. The van der Waals surface area contributed by atoms with Crippen LogP contribution in [-0.4, -0.2) is 13.9 Å². The molecule has 22 heavy (non-hydrogen) atoms. The first kappa shape index (κ1) is 14.7. The molecule has 0 amide bonds. The Morgan fingerprint density at radius 1 is 1.05 bits per heavy atom. The first-order valence-electron chi connectivity index (χ1n) is 6.14. The van der Waals surface area contributed by atoms with E-state index in [2.05, 4.69) is 4.18 Å². The van der Waals surface area contributed by atoms with Crippen LogP contribution in [0.1, 0.15) is 5.56 Å². The van der Waals surface area contributed by atoms with Gasteiger partial charge in [-0.15, -0.1) is 0 Å². The van der Waals surface area contributed by atoms with Crippen molar-refractivity contribution in [3.8, 4) is 22.6 Å². The van der Waals surface area contributed by atoms with E-state index in [1.165, 1.54) is 6.07 Å². The highest BCUT2D eigenvalue weighted by molar-refractivity contribution is 7.88. The summed E-state index contributed by atoms with van der Waals surface area (Å²) in [4.78, 5) is 0. The molecule has 0 aromatic heterocycles. The van der Waals surface area contributed by atoms with Crippen molar-refractivity contribution in [2.75, 3.05) is 0 Å². The average molecular weight is 330 g/mol. The van der Waals surface area contributed by atoms with Gasteiger partial charge in [0.1, 0.15) is 12.4 Å². The summed E-state index contributed by atoms with van der Waals surface area (Å²) in [6, 6.07) is 10.9. The Kier molecular flexibility index (Phi) is 3.28. The number of ether oxygens (including phenoxy) is 1. The lowest BCUT2D eigenvalue weighted by Gasteiger charge is -2.23. The summed E-state index contributed by atoms with van der Waals surface area (Å²) in [7, 11) is -5.74.